The molecule has 12 heavy (non-hydrogen) atoms. The molecular formula is C10H16O2. The Morgan fingerprint density at radius 3 is 1.58 bits per heavy atom. The zero-order chi connectivity index (χ0) is 9.57. The molecule has 0 amide bonds. The van der Waals surface area contributed by atoms with Crippen LogP contribution in [0.1, 0.15) is 40.5 Å². The fourth-order valence-electron chi connectivity index (χ4n) is 1.53. The van der Waals surface area contributed by atoms with Gasteiger partial charge in [-0.1, -0.05) is 13.8 Å². The molecule has 0 aliphatic heterocycles. The van der Waals surface area contributed by atoms with Gasteiger partial charge in [0.2, 0.25) is 0 Å². The van der Waals surface area contributed by atoms with Crippen molar-refractivity contribution in [2.75, 3.05) is 0 Å². The summed E-state index contributed by atoms with van der Waals surface area (Å²) in [5, 5.41) is 0. The molecule has 0 atom stereocenters. The topological polar surface area (TPSA) is 34.1 Å². The summed E-state index contributed by atoms with van der Waals surface area (Å²) in [7, 11) is 0. The third-order valence-corrected chi connectivity index (χ3v) is 2.67. The van der Waals surface area contributed by atoms with E-state index in [9.17, 15) is 9.59 Å². The third-order valence-electron chi connectivity index (χ3n) is 2.67. The quantitative estimate of drug-likeness (QED) is 0.518. The molecule has 0 unspecified atom stereocenters. The van der Waals surface area contributed by atoms with Gasteiger partial charge in [-0.2, -0.15) is 0 Å². The van der Waals surface area contributed by atoms with E-state index in [4.69, 9.17) is 0 Å². The van der Waals surface area contributed by atoms with E-state index in [1.165, 1.54) is 0 Å². The Morgan fingerprint density at radius 2 is 1.25 bits per heavy atom. The van der Waals surface area contributed by atoms with Crippen molar-refractivity contribution in [2.24, 2.45) is 10.8 Å². The molecule has 1 rings (SSSR count). The number of hydrogen-bond acceptors (Lipinski definition) is 2. The molecule has 0 aromatic rings. The summed E-state index contributed by atoms with van der Waals surface area (Å²) in [6, 6.07) is 0. The van der Waals surface area contributed by atoms with Crippen LogP contribution in [0.15, 0.2) is 0 Å². The summed E-state index contributed by atoms with van der Waals surface area (Å²) < 4.78 is 0. The Bertz CT molecular complexity index is 214. The fourth-order valence-corrected chi connectivity index (χ4v) is 1.53. The van der Waals surface area contributed by atoms with Crippen molar-refractivity contribution in [1.29, 1.82) is 0 Å². The van der Waals surface area contributed by atoms with Crippen LogP contribution in [-0.2, 0) is 9.59 Å². The van der Waals surface area contributed by atoms with Gasteiger partial charge in [0.15, 0.2) is 0 Å². The Labute approximate surface area is 73.3 Å². The van der Waals surface area contributed by atoms with Crippen molar-refractivity contribution in [3.05, 3.63) is 0 Å². The van der Waals surface area contributed by atoms with E-state index >= 15 is 0 Å². The first-order valence-corrected chi connectivity index (χ1v) is 4.32. The highest BCUT2D eigenvalue weighted by molar-refractivity contribution is 6.08. The zero-order valence-electron chi connectivity index (χ0n) is 8.23. The lowest BCUT2D eigenvalue weighted by molar-refractivity contribution is -0.145. The second-order valence-corrected chi connectivity index (χ2v) is 4.99. The first kappa shape index (κ1) is 9.43. The van der Waals surface area contributed by atoms with E-state index in [1.54, 1.807) is 13.8 Å². The molecule has 0 aromatic heterocycles. The Balaban J connectivity index is 2.93. The average molecular weight is 168 g/mol. The maximum Gasteiger partial charge on any atom is 0.146 e. The summed E-state index contributed by atoms with van der Waals surface area (Å²) in [4.78, 5) is 23.0. The van der Waals surface area contributed by atoms with Crippen molar-refractivity contribution >= 4 is 11.6 Å². The summed E-state index contributed by atoms with van der Waals surface area (Å²) in [5.74, 6) is 0.174. The van der Waals surface area contributed by atoms with Gasteiger partial charge in [0.1, 0.15) is 11.6 Å². The lowest BCUT2D eigenvalue weighted by atomic mass is 9.65. The van der Waals surface area contributed by atoms with Gasteiger partial charge < -0.3 is 0 Å². The predicted molar refractivity (Wildman–Crippen MR) is 46.8 cm³/mol. The minimum Gasteiger partial charge on any atom is -0.299 e. The lowest BCUT2D eigenvalue weighted by Crippen LogP contribution is -2.43. The number of carbonyl (C=O) groups is 2. The summed E-state index contributed by atoms with van der Waals surface area (Å²) in [5.41, 5.74) is -0.848. The van der Waals surface area contributed by atoms with E-state index < -0.39 is 5.41 Å². The molecule has 0 saturated heterocycles. The fraction of sp³-hybridized carbons (Fsp3) is 0.800. The smallest absolute Gasteiger partial charge is 0.146 e. The predicted octanol–water partition coefficient (Wildman–Crippen LogP) is 1.97. The molecule has 0 aromatic carbocycles. The van der Waals surface area contributed by atoms with Gasteiger partial charge in [-0.05, 0) is 19.3 Å². The maximum absolute atomic E-state index is 11.5. The zero-order valence-corrected chi connectivity index (χ0v) is 8.23. The number of carbonyl (C=O) groups excluding carboxylic acids is 2. The number of Topliss-reactive ketones (excluding diaryl/α,β-unsaturated/α-hetero) is 2. The summed E-state index contributed by atoms with van der Waals surface area (Å²) in [6.07, 6.45) is 1.07. The molecule has 0 spiro atoms. The van der Waals surface area contributed by atoms with Crippen LogP contribution in [0.3, 0.4) is 0 Å². The molecular weight excluding hydrogens is 152 g/mol. The van der Waals surface area contributed by atoms with Crippen LogP contribution in [0.4, 0.5) is 0 Å². The third kappa shape index (κ3) is 1.43. The van der Waals surface area contributed by atoms with E-state index in [1.807, 2.05) is 13.8 Å². The minimum absolute atomic E-state index is 0.0868. The molecule has 0 radical (unpaired) electrons. The molecule has 0 heterocycles. The summed E-state index contributed by atoms with van der Waals surface area (Å²) in [6.45, 7) is 7.40. The molecule has 2 heteroatoms. The number of rotatable bonds is 0. The first-order valence-electron chi connectivity index (χ1n) is 4.32. The monoisotopic (exact) mass is 168 g/mol. The van der Waals surface area contributed by atoms with Crippen LogP contribution >= 0.6 is 0 Å². The van der Waals surface area contributed by atoms with Crippen LogP contribution in [0.25, 0.3) is 0 Å². The van der Waals surface area contributed by atoms with Crippen molar-refractivity contribution in [2.45, 2.75) is 40.5 Å². The van der Waals surface area contributed by atoms with Crippen LogP contribution in [0, 0.1) is 10.8 Å². The Kier molecular flexibility index (Phi) is 1.89. The highest BCUT2D eigenvalue weighted by atomic mass is 16.2. The largest absolute Gasteiger partial charge is 0.299 e. The molecule has 2 nitrogen and oxygen atoms in total. The van der Waals surface area contributed by atoms with Crippen molar-refractivity contribution in [1.82, 2.24) is 0 Å². The number of ketones is 2. The molecule has 1 saturated carbocycles. The second-order valence-electron chi connectivity index (χ2n) is 4.99. The molecule has 1 fully saturated rings. The molecule has 1 aliphatic rings. The summed E-state index contributed by atoms with van der Waals surface area (Å²) >= 11 is 0. The van der Waals surface area contributed by atoms with Gasteiger partial charge in [0, 0.05) is 12.8 Å². The highest BCUT2D eigenvalue weighted by Gasteiger charge is 2.44. The molecule has 68 valence electrons. The average Bonchev–Trinajstić information content (AvgIpc) is 1.82. The van der Waals surface area contributed by atoms with Crippen LogP contribution in [0.2, 0.25) is 0 Å². The van der Waals surface area contributed by atoms with Crippen molar-refractivity contribution < 1.29 is 9.59 Å². The standard InChI is InChI=1S/C10H16O2/c1-9(2)5-7(11)10(3,4)8(12)6-9/h5-6H2,1-4H3. The minimum atomic E-state index is -0.727. The van der Waals surface area contributed by atoms with Gasteiger partial charge in [-0.25, -0.2) is 0 Å². The van der Waals surface area contributed by atoms with E-state index in [0.717, 1.165) is 0 Å². The molecule has 1 aliphatic carbocycles. The van der Waals surface area contributed by atoms with Crippen LogP contribution in [0.5, 0.6) is 0 Å². The van der Waals surface area contributed by atoms with Crippen LogP contribution < -0.4 is 0 Å². The Hall–Kier alpha value is -0.660. The highest BCUT2D eigenvalue weighted by Crippen LogP contribution is 2.39. The second kappa shape index (κ2) is 2.41. The number of hydrogen-bond donors (Lipinski definition) is 0. The first-order chi connectivity index (χ1) is 5.26. The van der Waals surface area contributed by atoms with E-state index in [2.05, 4.69) is 0 Å². The van der Waals surface area contributed by atoms with Gasteiger partial charge >= 0.3 is 0 Å². The maximum atomic E-state index is 11.5. The van der Waals surface area contributed by atoms with Gasteiger partial charge in [0.05, 0.1) is 5.41 Å². The SMILES string of the molecule is CC1(C)CC(=O)C(C)(C)C(=O)C1. The molecule has 0 bridgehead atoms. The van der Waals surface area contributed by atoms with Crippen molar-refractivity contribution in [3.8, 4) is 0 Å². The normalized spacial score (nSPS) is 27.3. The molecule has 0 N–H and O–H groups in total. The van der Waals surface area contributed by atoms with Crippen LogP contribution in [-0.4, -0.2) is 11.6 Å². The van der Waals surface area contributed by atoms with Gasteiger partial charge in [0.25, 0.3) is 0 Å². The lowest BCUT2D eigenvalue weighted by Gasteiger charge is -2.36. The van der Waals surface area contributed by atoms with E-state index in [0.29, 0.717) is 12.8 Å². The Morgan fingerprint density at radius 1 is 0.917 bits per heavy atom. The van der Waals surface area contributed by atoms with Gasteiger partial charge in [-0.15, -0.1) is 0 Å². The van der Waals surface area contributed by atoms with Crippen molar-refractivity contribution in [3.63, 3.8) is 0 Å². The van der Waals surface area contributed by atoms with Gasteiger partial charge in [-0.3, -0.25) is 9.59 Å². The van der Waals surface area contributed by atoms with E-state index in [-0.39, 0.29) is 17.0 Å².